The number of hydrogen-bond donors (Lipinski definition) is 4. The van der Waals surface area contributed by atoms with Crippen LogP contribution >= 0.6 is 12.4 Å². The molecule has 0 amide bonds. The van der Waals surface area contributed by atoms with E-state index in [0.717, 1.165) is 109 Å². The smallest absolute Gasteiger partial charge is 0.256 e. The molecule has 0 saturated carbocycles. The van der Waals surface area contributed by atoms with Crippen molar-refractivity contribution in [2.75, 3.05) is 46.0 Å². The third-order valence-electron chi connectivity index (χ3n) is 24.7. The van der Waals surface area contributed by atoms with Crippen LogP contribution in [0.15, 0.2) is 164 Å². The van der Waals surface area contributed by atoms with Crippen molar-refractivity contribution in [1.82, 2.24) is 59.8 Å². The Hall–Kier alpha value is -10.8. The molecule has 4 aliphatic carbocycles. The van der Waals surface area contributed by atoms with E-state index in [1.54, 1.807) is 48.5 Å². The predicted molar refractivity (Wildman–Crippen MR) is 580 cm³/mol. The average Bonchev–Trinajstić information content (AvgIpc) is 1.52. The van der Waals surface area contributed by atoms with Crippen LogP contribution in [0.4, 0.5) is 22.7 Å². The van der Waals surface area contributed by atoms with Gasteiger partial charge in [-0.2, -0.15) is 19.9 Å². The minimum atomic E-state index is -1.94. The fourth-order valence-corrected chi connectivity index (χ4v) is 21.1. The molecule has 29 nitrogen and oxygen atoms in total. The van der Waals surface area contributed by atoms with E-state index in [4.69, 9.17) is 77.8 Å². The summed E-state index contributed by atoms with van der Waals surface area (Å²) in [6, 6.07) is 46.4. The number of aliphatic hydroxyl groups excluding tert-OH is 2. The van der Waals surface area contributed by atoms with Crippen molar-refractivity contribution in [3.8, 4) is 114 Å². The first-order valence-electron chi connectivity index (χ1n) is 47.6. The zero-order valence-electron chi connectivity index (χ0n) is 84.6. The van der Waals surface area contributed by atoms with E-state index in [-0.39, 0.29) is 140 Å². The summed E-state index contributed by atoms with van der Waals surface area (Å²) in [5.41, 5.74) is 17.7. The Morgan fingerprint density at radius 3 is 0.973 bits per heavy atom. The molecule has 4 heterocycles. The van der Waals surface area contributed by atoms with Gasteiger partial charge >= 0.3 is 0 Å². The van der Waals surface area contributed by atoms with Crippen LogP contribution < -0.4 is 29.6 Å². The summed E-state index contributed by atoms with van der Waals surface area (Å²) in [7, 11) is -4.42. The molecule has 4 aliphatic rings. The molecule has 146 heavy (non-hydrogen) atoms. The minimum Gasteiger partial charge on any atom is -0.502 e. The van der Waals surface area contributed by atoms with Crippen molar-refractivity contribution in [3.63, 3.8) is 0 Å². The van der Waals surface area contributed by atoms with Crippen LogP contribution in [0.1, 0.15) is 255 Å². The first-order valence-corrected chi connectivity index (χ1v) is 52.8. The molecule has 0 aliphatic heterocycles. The molecule has 12 aromatic rings. The Morgan fingerprint density at radius 1 is 0.425 bits per heavy atom. The summed E-state index contributed by atoms with van der Waals surface area (Å²) in [6.07, 6.45) is 8.27. The molecule has 0 spiro atoms. The summed E-state index contributed by atoms with van der Waals surface area (Å²) in [5, 5.41) is 42.9. The van der Waals surface area contributed by atoms with Gasteiger partial charge in [0.1, 0.15) is 45.0 Å². The van der Waals surface area contributed by atoms with E-state index in [2.05, 4.69) is 147 Å². The number of halogens is 1. The number of benzene rings is 8. The van der Waals surface area contributed by atoms with Crippen LogP contribution in [0.5, 0.6) is 23.0 Å². The molecule has 35 heteroatoms. The first kappa shape index (κ1) is 124. The number of rotatable bonds is 32. The van der Waals surface area contributed by atoms with Crippen LogP contribution in [0.25, 0.3) is 111 Å². The number of hydrogen-bond acceptors (Lipinski definition) is 23. The van der Waals surface area contributed by atoms with Gasteiger partial charge < -0.3 is 62.3 Å². The molecule has 0 bridgehead atoms. The molecule has 2 radical (unpaired) electrons. The number of fused-ring (bicyclic) bond motifs is 4. The van der Waals surface area contributed by atoms with Crippen LogP contribution in [-0.4, -0.2) is 156 Å². The number of aromatic nitrogens is 8. The Labute approximate surface area is 900 Å². The first-order chi connectivity index (χ1) is 66.4. The zero-order valence-corrected chi connectivity index (χ0v) is 90.8. The van der Waals surface area contributed by atoms with Crippen LogP contribution in [0.3, 0.4) is 0 Å². The molecular formula is C111H145ClN16O13S2SiV2. The van der Waals surface area contributed by atoms with Gasteiger partial charge in [0.15, 0.2) is 8.32 Å². The van der Waals surface area contributed by atoms with Gasteiger partial charge in [-0.05, 0) is 297 Å². The Morgan fingerprint density at radius 2 is 0.705 bits per heavy atom. The summed E-state index contributed by atoms with van der Waals surface area (Å²) in [4.78, 5) is 33.0. The van der Waals surface area contributed by atoms with Gasteiger partial charge in [0.2, 0.25) is 46.0 Å². The monoisotopic (exact) mass is 2140 g/mol. The Kier molecular flexibility index (Phi) is 46.6. The molecule has 4 aromatic heterocycles. The van der Waals surface area contributed by atoms with Gasteiger partial charge in [0.25, 0.3) is 23.6 Å². The fourth-order valence-electron chi connectivity index (χ4n) is 17.3. The number of nitrogens with zero attached hydrogens (tertiary/aromatic N) is 14. The molecule has 0 saturated heterocycles. The molecule has 8 aromatic carbocycles. The number of aliphatic hydroxyl groups is 2. The van der Waals surface area contributed by atoms with Crippen LogP contribution in [-0.2, 0) is 89.2 Å². The van der Waals surface area contributed by atoms with E-state index in [1.165, 1.54) is 22.3 Å². The molecule has 0 fully saturated rings. The molecule has 780 valence electrons. The van der Waals surface area contributed by atoms with E-state index < -0.39 is 39.8 Å². The summed E-state index contributed by atoms with van der Waals surface area (Å²) < 4.78 is 82.1. The third kappa shape index (κ3) is 29.6. The van der Waals surface area contributed by atoms with Gasteiger partial charge in [0.05, 0.1) is 73.4 Å². The number of nitrogens with one attached hydrogen (secondary N) is 2. The average molecular weight is 2140 g/mol. The normalized spacial score (nSPS) is 15.1. The molecule has 1 unspecified atom stereocenters. The van der Waals surface area contributed by atoms with E-state index in [1.807, 2.05) is 162 Å². The second kappa shape index (κ2) is 54.9. The molecule has 6 atom stereocenters. The summed E-state index contributed by atoms with van der Waals surface area (Å²) in [6.45, 7) is 73.8. The zero-order chi connectivity index (χ0) is 100.0. The Balaban J connectivity index is 0.000000296. The van der Waals surface area contributed by atoms with E-state index in [9.17, 15) is 13.5 Å². The van der Waals surface area contributed by atoms with Crippen molar-refractivity contribution >= 4 is 65.4 Å². The maximum atomic E-state index is 13.9. The van der Waals surface area contributed by atoms with Crippen molar-refractivity contribution in [1.29, 1.82) is 0 Å². The van der Waals surface area contributed by atoms with Gasteiger partial charge in [-0.3, -0.25) is 0 Å². The third-order valence-corrected chi connectivity index (χ3v) is 33.0. The number of ether oxygens (including phenoxy) is 4. The van der Waals surface area contributed by atoms with Crippen LogP contribution in [0.2, 0.25) is 18.1 Å². The van der Waals surface area contributed by atoms with Crippen molar-refractivity contribution in [3.05, 3.63) is 236 Å². The van der Waals surface area contributed by atoms with Crippen LogP contribution in [0, 0.1) is 26.3 Å². The maximum absolute atomic E-state index is 13.9. The molecule has 16 rings (SSSR count). The fraction of sp³-hybridized carbons (Fsp3) is 0.459. The largest absolute Gasteiger partial charge is 0.502 e. The van der Waals surface area contributed by atoms with E-state index >= 15 is 0 Å². The van der Waals surface area contributed by atoms with Crippen molar-refractivity contribution < 1.29 is 97.2 Å². The SMILES string of the molecule is C.C.C.C.Cl.[C-]#[N+]c1cc(-c2nc(-c3cccc4c3CC[C@@H]4N(CCO)[S@@](=O)C(C)(C)C)no2)ccc1OC(C)C.[C-]#[N+]c1cc(-c2nc(-c3cccc4c3CC[C@@H]4N(CCO[Si](C)(C)C(C)(C)C)S(=O)C(C)(C)C)no2)ccc1OC(C)C.[C-]#[N+]c1cc(-c2nc(-c3cccc4c3CC[C@@H]4NCCC)no2)ccc1OC(C)C.[C-]#[N+]c1cc(-c2nc(-c3cccc4c3CC[C@@H]4NCCO)no2)ccc1OC(C)C.[V].[V]. The summed E-state index contributed by atoms with van der Waals surface area (Å²) >= 11 is 0. The predicted octanol–water partition coefficient (Wildman–Crippen LogP) is 27.0. The molecular weight excluding hydrogens is 1990 g/mol. The summed E-state index contributed by atoms with van der Waals surface area (Å²) in [5.74, 6) is 5.73. The standard InChI is InChI=1S/C33H46N4O4SSi.C27H32N4O4S.C24H26N4O2.C23H24N4O3.4CH4.ClH.2V/c1-22(2)40-29-18-15-23(21-27(29)34-9)31-35-30(36-41-31)26-14-12-13-25-24(26)16-17-28(25)37(42(38)32(3,4)5)19-20-39-43(10,11)33(6,7)8;1-17(2)34-24-13-10-18(16-22(24)28-6)26-29-25(30-35-26)21-9-7-8-20-19(21)11-12-23(20)31(14-15-32)36(33)27(3,4)5;1-5-13-26-20-11-10-17-18(20)7-6-8-19(17)23-27-24(30-28-23)16-9-12-22(29-15(2)3)21(14-16)25-4;1-14(2)29-21-10-7-15(13-20(21)24-3)23-26-22(27-30-23)18-6-4-5-17-16(18)8-9-19(17)25-11-12-28;;;;;;;/h12-15,18,21-22,28H,16-17,19-20H2,1-8,10-11H3;7-10,13,16-17,23,32H,11-12,14-15H2,1-5H3;6-9,12,14-15,20,26H,5,10-11,13H2,1-3H3;4-7,10,13-14,19,25,28H,8-9,11-12H2,1-2H3;4*1H4;1H;;/t28-,42?;23-,36-;20-;19-;;;;;;;/m0000......./s1. The second-order valence-electron chi connectivity index (χ2n) is 39.3. The molecule has 4 N–H and O–H groups in total. The van der Waals surface area contributed by atoms with Crippen molar-refractivity contribution in [2.45, 2.75) is 288 Å². The van der Waals surface area contributed by atoms with Gasteiger partial charge in [-0.25, -0.2) is 36.4 Å². The van der Waals surface area contributed by atoms with Gasteiger partial charge in [0, 0.05) is 132 Å². The van der Waals surface area contributed by atoms with Gasteiger partial charge in [-0.15, -0.1) is 12.4 Å². The maximum Gasteiger partial charge on any atom is 0.256 e. The minimum absolute atomic E-state index is 0. The van der Waals surface area contributed by atoms with Crippen molar-refractivity contribution in [2.24, 2.45) is 0 Å². The van der Waals surface area contributed by atoms with Gasteiger partial charge in [-0.1, -0.05) is 151 Å². The topological polar surface area (TPSA) is 324 Å². The van der Waals surface area contributed by atoms with E-state index in [0.29, 0.717) is 147 Å². The second-order valence-corrected chi connectivity index (χ2v) is 48.5. The Bertz CT molecular complexity index is 6380. The quantitative estimate of drug-likeness (QED) is 0.0225.